The van der Waals surface area contributed by atoms with Crippen molar-refractivity contribution in [1.29, 1.82) is 0 Å². The Balaban J connectivity index is 1.39. The van der Waals surface area contributed by atoms with Gasteiger partial charge in [0, 0.05) is 38.4 Å². The lowest BCUT2D eigenvalue weighted by atomic mass is 10.1. The summed E-state index contributed by atoms with van der Waals surface area (Å²) in [6.07, 6.45) is 6.39. The first kappa shape index (κ1) is 19.5. The zero-order valence-corrected chi connectivity index (χ0v) is 16.6. The molecule has 2 aliphatic heterocycles. The third kappa shape index (κ3) is 5.59. The van der Waals surface area contributed by atoms with Crippen LogP contribution in [0.2, 0.25) is 0 Å². The normalized spacial score (nSPS) is 20.3. The number of piperidine rings is 1. The molecule has 0 amide bonds. The Bertz CT molecular complexity index is 649. The third-order valence-electron chi connectivity index (χ3n) is 5.25. The SMILES string of the molecule is CS(=O)(=O)N1CCN(c2ccc(OCCCN3CCCCC3)cc2)CC1. The summed E-state index contributed by atoms with van der Waals surface area (Å²) in [5.41, 5.74) is 1.12. The molecule has 0 radical (unpaired) electrons. The molecule has 2 aliphatic rings. The van der Waals surface area contributed by atoms with Crippen LogP contribution in [0.1, 0.15) is 25.7 Å². The van der Waals surface area contributed by atoms with Gasteiger partial charge in [0.2, 0.25) is 10.0 Å². The number of ether oxygens (including phenoxy) is 1. The summed E-state index contributed by atoms with van der Waals surface area (Å²) in [5.74, 6) is 0.905. The van der Waals surface area contributed by atoms with E-state index in [2.05, 4.69) is 21.9 Å². The number of nitrogens with zero attached hydrogens (tertiary/aromatic N) is 3. The van der Waals surface area contributed by atoms with Crippen molar-refractivity contribution in [2.45, 2.75) is 25.7 Å². The maximum atomic E-state index is 11.6. The number of hydrogen-bond acceptors (Lipinski definition) is 5. The van der Waals surface area contributed by atoms with Crippen LogP contribution in [-0.4, -0.2) is 76.3 Å². The van der Waals surface area contributed by atoms with E-state index in [1.165, 1.54) is 38.6 Å². The molecule has 0 bridgehead atoms. The molecule has 2 saturated heterocycles. The Hall–Kier alpha value is -1.31. The summed E-state index contributed by atoms with van der Waals surface area (Å²) in [6, 6.07) is 8.16. The number of rotatable bonds is 7. The fraction of sp³-hybridized carbons (Fsp3) is 0.684. The summed E-state index contributed by atoms with van der Waals surface area (Å²) in [6.45, 7) is 6.90. The first-order chi connectivity index (χ1) is 12.5. The quantitative estimate of drug-likeness (QED) is 0.677. The highest BCUT2D eigenvalue weighted by atomic mass is 32.2. The zero-order valence-electron chi connectivity index (χ0n) is 15.8. The molecule has 146 valence electrons. The standard InChI is InChI=1S/C19H31N3O3S/c1-26(23,24)22-15-13-21(14-16-22)18-6-8-19(9-7-18)25-17-5-12-20-10-3-2-4-11-20/h6-9H,2-5,10-17H2,1H3. The molecule has 0 saturated carbocycles. The van der Waals surface area contributed by atoms with Gasteiger partial charge in [-0.15, -0.1) is 0 Å². The highest BCUT2D eigenvalue weighted by Gasteiger charge is 2.23. The molecule has 3 rings (SSSR count). The Morgan fingerprint density at radius 1 is 0.923 bits per heavy atom. The molecule has 0 spiro atoms. The van der Waals surface area contributed by atoms with Crippen molar-refractivity contribution in [3.8, 4) is 5.75 Å². The van der Waals surface area contributed by atoms with E-state index in [-0.39, 0.29) is 0 Å². The van der Waals surface area contributed by atoms with Gasteiger partial charge in [0.15, 0.2) is 0 Å². The average molecular weight is 382 g/mol. The molecule has 2 heterocycles. The lowest BCUT2D eigenvalue weighted by Gasteiger charge is -2.34. The lowest BCUT2D eigenvalue weighted by Crippen LogP contribution is -2.48. The maximum absolute atomic E-state index is 11.6. The molecule has 2 fully saturated rings. The van der Waals surface area contributed by atoms with Crippen molar-refractivity contribution < 1.29 is 13.2 Å². The molecule has 0 N–H and O–H groups in total. The van der Waals surface area contributed by atoms with Crippen molar-refractivity contribution in [1.82, 2.24) is 9.21 Å². The smallest absolute Gasteiger partial charge is 0.211 e. The van der Waals surface area contributed by atoms with Crippen LogP contribution in [-0.2, 0) is 10.0 Å². The average Bonchev–Trinajstić information content (AvgIpc) is 2.66. The van der Waals surface area contributed by atoms with Crippen molar-refractivity contribution in [3.05, 3.63) is 24.3 Å². The van der Waals surface area contributed by atoms with Crippen molar-refractivity contribution >= 4 is 15.7 Å². The van der Waals surface area contributed by atoms with Crippen molar-refractivity contribution in [2.24, 2.45) is 0 Å². The highest BCUT2D eigenvalue weighted by molar-refractivity contribution is 7.88. The minimum atomic E-state index is -3.08. The lowest BCUT2D eigenvalue weighted by molar-refractivity contribution is 0.205. The van der Waals surface area contributed by atoms with E-state index in [9.17, 15) is 8.42 Å². The third-order valence-corrected chi connectivity index (χ3v) is 6.55. The van der Waals surface area contributed by atoms with Crippen LogP contribution in [0.3, 0.4) is 0 Å². The Morgan fingerprint density at radius 2 is 1.58 bits per heavy atom. The second kappa shape index (κ2) is 9.06. The fourth-order valence-corrected chi connectivity index (χ4v) is 4.52. The number of piperazine rings is 1. The van der Waals surface area contributed by atoms with Crippen LogP contribution in [0, 0.1) is 0 Å². The van der Waals surface area contributed by atoms with Crippen LogP contribution in [0.4, 0.5) is 5.69 Å². The van der Waals surface area contributed by atoms with Crippen LogP contribution in [0.25, 0.3) is 0 Å². The van der Waals surface area contributed by atoms with Gasteiger partial charge in [-0.2, -0.15) is 4.31 Å². The Morgan fingerprint density at radius 3 is 2.19 bits per heavy atom. The minimum Gasteiger partial charge on any atom is -0.494 e. The van der Waals surface area contributed by atoms with Gasteiger partial charge in [0.25, 0.3) is 0 Å². The number of sulfonamides is 1. The monoisotopic (exact) mass is 381 g/mol. The molecule has 26 heavy (non-hydrogen) atoms. The zero-order chi connectivity index (χ0) is 18.4. The highest BCUT2D eigenvalue weighted by Crippen LogP contribution is 2.21. The fourth-order valence-electron chi connectivity index (χ4n) is 3.69. The predicted octanol–water partition coefficient (Wildman–Crippen LogP) is 2.02. The van der Waals surface area contributed by atoms with Gasteiger partial charge < -0.3 is 14.5 Å². The molecule has 1 aromatic rings. The van der Waals surface area contributed by atoms with Gasteiger partial charge >= 0.3 is 0 Å². The summed E-state index contributed by atoms with van der Waals surface area (Å²) in [5, 5.41) is 0. The molecule has 0 aliphatic carbocycles. The molecule has 0 aromatic heterocycles. The summed E-state index contributed by atoms with van der Waals surface area (Å²) in [4.78, 5) is 4.76. The number of anilines is 1. The van der Waals surface area contributed by atoms with Gasteiger partial charge in [-0.1, -0.05) is 6.42 Å². The van der Waals surface area contributed by atoms with Gasteiger partial charge in [-0.25, -0.2) is 8.42 Å². The van der Waals surface area contributed by atoms with Gasteiger partial charge in [-0.05, 0) is 56.6 Å². The van der Waals surface area contributed by atoms with Crippen LogP contribution in [0.15, 0.2) is 24.3 Å². The van der Waals surface area contributed by atoms with Gasteiger partial charge in [-0.3, -0.25) is 0 Å². The second-order valence-electron chi connectivity index (χ2n) is 7.25. The molecule has 0 atom stereocenters. The maximum Gasteiger partial charge on any atom is 0.211 e. The molecular formula is C19H31N3O3S. The van der Waals surface area contributed by atoms with E-state index >= 15 is 0 Å². The summed E-state index contributed by atoms with van der Waals surface area (Å²) < 4.78 is 30.6. The first-order valence-electron chi connectivity index (χ1n) is 9.68. The molecule has 7 heteroatoms. The van der Waals surface area contributed by atoms with Crippen LogP contribution < -0.4 is 9.64 Å². The van der Waals surface area contributed by atoms with E-state index in [0.717, 1.165) is 44.1 Å². The largest absolute Gasteiger partial charge is 0.494 e. The second-order valence-corrected chi connectivity index (χ2v) is 9.23. The predicted molar refractivity (Wildman–Crippen MR) is 105 cm³/mol. The van der Waals surface area contributed by atoms with Crippen LogP contribution in [0.5, 0.6) is 5.75 Å². The Labute approximate surface area is 157 Å². The van der Waals surface area contributed by atoms with E-state index in [1.807, 2.05) is 12.1 Å². The first-order valence-corrected chi connectivity index (χ1v) is 11.5. The Kier molecular flexibility index (Phi) is 6.78. The van der Waals surface area contributed by atoms with E-state index < -0.39 is 10.0 Å². The molecule has 0 unspecified atom stereocenters. The van der Waals surface area contributed by atoms with E-state index in [1.54, 1.807) is 4.31 Å². The molecule has 6 nitrogen and oxygen atoms in total. The van der Waals surface area contributed by atoms with Crippen molar-refractivity contribution in [2.75, 3.05) is 63.6 Å². The summed E-state index contributed by atoms with van der Waals surface area (Å²) >= 11 is 0. The minimum absolute atomic E-state index is 0.549. The van der Waals surface area contributed by atoms with E-state index in [4.69, 9.17) is 4.74 Å². The number of hydrogen-bond donors (Lipinski definition) is 0. The van der Waals surface area contributed by atoms with Crippen molar-refractivity contribution in [3.63, 3.8) is 0 Å². The molecule has 1 aromatic carbocycles. The van der Waals surface area contributed by atoms with Gasteiger partial charge in [0.1, 0.15) is 5.75 Å². The van der Waals surface area contributed by atoms with Crippen LogP contribution >= 0.6 is 0 Å². The number of likely N-dealkylation sites (tertiary alicyclic amines) is 1. The number of benzene rings is 1. The summed E-state index contributed by atoms with van der Waals surface area (Å²) in [7, 11) is -3.08. The van der Waals surface area contributed by atoms with Gasteiger partial charge in [0.05, 0.1) is 12.9 Å². The molecular weight excluding hydrogens is 350 g/mol. The topological polar surface area (TPSA) is 53.1 Å². The van der Waals surface area contributed by atoms with E-state index in [0.29, 0.717) is 13.1 Å².